The van der Waals surface area contributed by atoms with E-state index in [-0.39, 0.29) is 5.69 Å². The first-order valence-electron chi connectivity index (χ1n) is 8.87. The topological polar surface area (TPSA) is 103 Å². The van der Waals surface area contributed by atoms with Crippen LogP contribution in [0.1, 0.15) is 12.5 Å². The third kappa shape index (κ3) is 6.93. The molecule has 9 heteroatoms. The van der Waals surface area contributed by atoms with Gasteiger partial charge in [-0.3, -0.25) is 10.1 Å². The third-order valence-electron chi connectivity index (χ3n) is 3.63. The number of esters is 1. The van der Waals surface area contributed by atoms with Gasteiger partial charge in [0.15, 0.2) is 24.7 Å². The Morgan fingerprint density at radius 3 is 2.53 bits per heavy atom. The van der Waals surface area contributed by atoms with Gasteiger partial charge in [-0.15, -0.1) is 0 Å². The maximum atomic E-state index is 13.5. The van der Waals surface area contributed by atoms with Crippen LogP contribution in [0.5, 0.6) is 11.5 Å². The Labute approximate surface area is 172 Å². The lowest BCUT2D eigenvalue weighted by Gasteiger charge is -2.11. The van der Waals surface area contributed by atoms with Crippen molar-refractivity contribution < 1.29 is 33.0 Å². The van der Waals surface area contributed by atoms with Crippen LogP contribution in [0.4, 0.5) is 14.9 Å². The standard InChI is InChI=1S/C21H21FN2O6/c1-3-6-14-9-10-17(18(11-14)28-2)29-13-20(26)30-12-19(25)24-21(27)23-16-8-5-4-7-15(16)22/h3-11H,12-13H2,1-2H3,(H2,23,24,25,27)/b6-3+. The second kappa shape index (κ2) is 11.2. The predicted octanol–water partition coefficient (Wildman–Crippen LogP) is 3.14. The Balaban J connectivity index is 1.77. The second-order valence-electron chi connectivity index (χ2n) is 5.84. The van der Waals surface area contributed by atoms with Crippen LogP contribution in [0.25, 0.3) is 6.08 Å². The molecule has 0 saturated carbocycles. The molecule has 0 aromatic heterocycles. The number of urea groups is 1. The fraction of sp³-hybridized carbons (Fsp3) is 0.190. The summed E-state index contributed by atoms with van der Waals surface area (Å²) < 4.78 is 28.8. The minimum Gasteiger partial charge on any atom is -0.493 e. The van der Waals surface area contributed by atoms with E-state index >= 15 is 0 Å². The molecule has 0 fully saturated rings. The van der Waals surface area contributed by atoms with Crippen molar-refractivity contribution in [3.05, 3.63) is 59.9 Å². The van der Waals surface area contributed by atoms with Crippen LogP contribution in [0.3, 0.4) is 0 Å². The van der Waals surface area contributed by atoms with E-state index in [2.05, 4.69) is 5.32 Å². The number of allylic oxidation sites excluding steroid dienone is 1. The summed E-state index contributed by atoms with van der Waals surface area (Å²) in [6.45, 7) is 0.713. The number of ether oxygens (including phenoxy) is 3. The highest BCUT2D eigenvalue weighted by Gasteiger charge is 2.14. The Morgan fingerprint density at radius 2 is 1.83 bits per heavy atom. The fourth-order valence-electron chi connectivity index (χ4n) is 2.30. The van der Waals surface area contributed by atoms with Crippen molar-refractivity contribution in [1.29, 1.82) is 0 Å². The Kier molecular flexibility index (Phi) is 8.37. The number of carbonyl (C=O) groups is 3. The van der Waals surface area contributed by atoms with Gasteiger partial charge in [-0.1, -0.05) is 30.4 Å². The van der Waals surface area contributed by atoms with Gasteiger partial charge in [0.25, 0.3) is 5.91 Å². The van der Waals surface area contributed by atoms with Crippen LogP contribution in [0.15, 0.2) is 48.5 Å². The van der Waals surface area contributed by atoms with E-state index in [1.54, 1.807) is 18.2 Å². The zero-order chi connectivity index (χ0) is 21.9. The number of nitrogens with one attached hydrogen (secondary N) is 2. The highest BCUT2D eigenvalue weighted by Crippen LogP contribution is 2.28. The van der Waals surface area contributed by atoms with Crippen molar-refractivity contribution in [1.82, 2.24) is 5.32 Å². The van der Waals surface area contributed by atoms with Gasteiger partial charge in [0.05, 0.1) is 12.8 Å². The molecule has 2 aromatic carbocycles. The molecule has 0 aliphatic rings. The summed E-state index contributed by atoms with van der Waals surface area (Å²) in [5, 5.41) is 4.09. The minimum atomic E-state index is -0.955. The van der Waals surface area contributed by atoms with E-state index in [1.807, 2.05) is 24.4 Å². The predicted molar refractivity (Wildman–Crippen MR) is 108 cm³/mol. The van der Waals surface area contributed by atoms with Gasteiger partial charge in [-0.25, -0.2) is 14.0 Å². The maximum Gasteiger partial charge on any atom is 0.344 e. The molecule has 0 atom stereocenters. The summed E-state index contributed by atoms with van der Waals surface area (Å²) in [4.78, 5) is 35.2. The molecule has 3 amide bonds. The SMILES string of the molecule is C/C=C/c1ccc(OCC(=O)OCC(=O)NC(=O)Nc2ccccc2F)c(OC)c1. The Morgan fingerprint density at radius 1 is 1.07 bits per heavy atom. The van der Waals surface area contributed by atoms with Gasteiger partial charge in [-0.2, -0.15) is 0 Å². The number of imide groups is 1. The molecule has 0 aliphatic carbocycles. The van der Waals surface area contributed by atoms with E-state index in [4.69, 9.17) is 14.2 Å². The molecular formula is C21H21FN2O6. The van der Waals surface area contributed by atoms with Crippen molar-refractivity contribution in [2.45, 2.75) is 6.92 Å². The van der Waals surface area contributed by atoms with Crippen molar-refractivity contribution in [3.63, 3.8) is 0 Å². The van der Waals surface area contributed by atoms with Crippen molar-refractivity contribution in [3.8, 4) is 11.5 Å². The first-order valence-corrected chi connectivity index (χ1v) is 8.87. The molecule has 30 heavy (non-hydrogen) atoms. The monoisotopic (exact) mass is 416 g/mol. The highest BCUT2D eigenvalue weighted by molar-refractivity contribution is 6.01. The van der Waals surface area contributed by atoms with Crippen LogP contribution in [0.2, 0.25) is 0 Å². The van der Waals surface area contributed by atoms with Crippen LogP contribution in [-0.2, 0) is 14.3 Å². The Hall–Kier alpha value is -3.88. The number of rotatable bonds is 8. The molecule has 8 nitrogen and oxygen atoms in total. The lowest BCUT2D eigenvalue weighted by Crippen LogP contribution is -2.37. The molecule has 0 bridgehead atoms. The van der Waals surface area contributed by atoms with E-state index in [9.17, 15) is 18.8 Å². The first kappa shape index (κ1) is 22.4. The van der Waals surface area contributed by atoms with E-state index < -0.39 is 36.9 Å². The van der Waals surface area contributed by atoms with Crippen molar-refractivity contribution in [2.24, 2.45) is 0 Å². The fourth-order valence-corrected chi connectivity index (χ4v) is 2.30. The number of anilines is 1. The summed E-state index contributed by atoms with van der Waals surface area (Å²) in [5.41, 5.74) is 0.803. The first-order chi connectivity index (χ1) is 14.4. The molecule has 0 radical (unpaired) electrons. The molecule has 0 heterocycles. The van der Waals surface area contributed by atoms with Gasteiger partial charge in [0.1, 0.15) is 5.82 Å². The van der Waals surface area contributed by atoms with Crippen LogP contribution in [-0.4, -0.2) is 38.2 Å². The summed E-state index contributed by atoms with van der Waals surface area (Å²) >= 11 is 0. The van der Waals surface area contributed by atoms with E-state index in [0.29, 0.717) is 11.5 Å². The zero-order valence-corrected chi connectivity index (χ0v) is 16.4. The van der Waals surface area contributed by atoms with Crippen LogP contribution >= 0.6 is 0 Å². The molecule has 0 saturated heterocycles. The number of para-hydroxylation sites is 1. The number of halogens is 1. The quantitative estimate of drug-likeness (QED) is 0.641. The van der Waals surface area contributed by atoms with E-state index in [0.717, 1.165) is 11.6 Å². The van der Waals surface area contributed by atoms with Crippen molar-refractivity contribution in [2.75, 3.05) is 25.6 Å². The van der Waals surface area contributed by atoms with Crippen LogP contribution in [0, 0.1) is 5.82 Å². The third-order valence-corrected chi connectivity index (χ3v) is 3.63. The van der Waals surface area contributed by atoms with Gasteiger partial charge >= 0.3 is 12.0 Å². The summed E-state index contributed by atoms with van der Waals surface area (Å²) in [6.07, 6.45) is 3.75. The smallest absolute Gasteiger partial charge is 0.344 e. The summed E-state index contributed by atoms with van der Waals surface area (Å²) in [6, 6.07) is 9.67. The number of benzene rings is 2. The molecule has 2 N–H and O–H groups in total. The average molecular weight is 416 g/mol. The van der Waals surface area contributed by atoms with Gasteiger partial charge in [-0.05, 0) is 36.8 Å². The molecule has 2 rings (SSSR count). The molecule has 0 unspecified atom stereocenters. The average Bonchev–Trinajstić information content (AvgIpc) is 2.73. The number of carbonyl (C=O) groups excluding carboxylic acids is 3. The number of methoxy groups -OCH3 is 1. The van der Waals surface area contributed by atoms with Gasteiger partial charge < -0.3 is 19.5 Å². The van der Waals surface area contributed by atoms with Gasteiger partial charge in [0, 0.05) is 0 Å². The normalized spacial score (nSPS) is 10.4. The number of hydrogen-bond acceptors (Lipinski definition) is 6. The minimum absolute atomic E-state index is 0.0948. The molecule has 2 aromatic rings. The van der Waals surface area contributed by atoms with Gasteiger partial charge in [0.2, 0.25) is 0 Å². The maximum absolute atomic E-state index is 13.5. The molecule has 158 valence electrons. The van der Waals surface area contributed by atoms with E-state index in [1.165, 1.54) is 25.3 Å². The molecular weight excluding hydrogens is 395 g/mol. The molecule has 0 aliphatic heterocycles. The largest absolute Gasteiger partial charge is 0.493 e. The zero-order valence-electron chi connectivity index (χ0n) is 16.4. The lowest BCUT2D eigenvalue weighted by molar-refractivity contribution is -0.150. The molecule has 0 spiro atoms. The summed E-state index contributed by atoms with van der Waals surface area (Å²) in [7, 11) is 1.47. The Bertz CT molecular complexity index is 945. The lowest BCUT2D eigenvalue weighted by atomic mass is 10.2. The highest BCUT2D eigenvalue weighted by atomic mass is 19.1. The second-order valence-corrected chi connectivity index (χ2v) is 5.84. The van der Waals surface area contributed by atoms with Crippen LogP contribution < -0.4 is 20.1 Å². The number of hydrogen-bond donors (Lipinski definition) is 2. The summed E-state index contributed by atoms with van der Waals surface area (Å²) in [5.74, 6) is -1.60. The number of amides is 3. The van der Waals surface area contributed by atoms with Crippen molar-refractivity contribution >= 4 is 29.7 Å².